The van der Waals surface area contributed by atoms with Crippen molar-refractivity contribution in [1.29, 1.82) is 0 Å². The second kappa shape index (κ2) is 7.79. The normalized spacial score (nSPS) is 11.2. The lowest BCUT2D eigenvalue weighted by Gasteiger charge is -2.36. The first-order chi connectivity index (χ1) is 11.9. The summed E-state index contributed by atoms with van der Waals surface area (Å²) in [6.07, 6.45) is 5.24. The van der Waals surface area contributed by atoms with Gasteiger partial charge in [-0.15, -0.1) is 6.58 Å². The molecule has 3 aromatic carbocycles. The Morgan fingerprint density at radius 1 is 0.625 bits per heavy atom. The molecule has 0 aliphatic rings. The standard InChI is InChI=1S/C24H24/c1-2-3-13-20-24(21-14-7-4-8-15-21,22-16-9-5-10-17-22)23-18-11-6-12-19-23/h2,4-12,14-19H,1,3,13,20H2. The lowest BCUT2D eigenvalue weighted by Crippen LogP contribution is -2.29. The van der Waals surface area contributed by atoms with Gasteiger partial charge in [0.15, 0.2) is 0 Å². The van der Waals surface area contributed by atoms with E-state index in [4.69, 9.17) is 0 Å². The number of hydrogen-bond donors (Lipinski definition) is 0. The van der Waals surface area contributed by atoms with Crippen LogP contribution in [0.3, 0.4) is 0 Å². The maximum absolute atomic E-state index is 3.90. The number of benzene rings is 3. The van der Waals surface area contributed by atoms with Gasteiger partial charge in [0, 0.05) is 5.41 Å². The van der Waals surface area contributed by atoms with Crippen LogP contribution in [0, 0.1) is 0 Å². The van der Waals surface area contributed by atoms with Crippen LogP contribution in [0.15, 0.2) is 104 Å². The predicted molar refractivity (Wildman–Crippen MR) is 103 cm³/mol. The number of unbranched alkanes of at least 4 members (excludes halogenated alkanes) is 1. The predicted octanol–water partition coefficient (Wildman–Crippen LogP) is 6.38. The SMILES string of the molecule is C=CCCCC(c1ccccc1)(c1ccccc1)c1ccccc1. The van der Waals surface area contributed by atoms with Crippen molar-refractivity contribution in [3.8, 4) is 0 Å². The molecule has 0 N–H and O–H groups in total. The Labute approximate surface area is 145 Å². The highest BCUT2D eigenvalue weighted by molar-refractivity contribution is 5.50. The molecule has 0 heteroatoms. The van der Waals surface area contributed by atoms with Crippen LogP contribution < -0.4 is 0 Å². The van der Waals surface area contributed by atoms with Crippen LogP contribution in [0.1, 0.15) is 36.0 Å². The Hall–Kier alpha value is -2.60. The second-order valence-corrected chi connectivity index (χ2v) is 6.18. The molecular weight excluding hydrogens is 288 g/mol. The van der Waals surface area contributed by atoms with Crippen molar-refractivity contribution in [2.24, 2.45) is 0 Å². The van der Waals surface area contributed by atoms with Crippen LogP contribution in [0.5, 0.6) is 0 Å². The minimum atomic E-state index is -0.118. The fourth-order valence-corrected chi connectivity index (χ4v) is 3.61. The maximum Gasteiger partial charge on any atom is 0.0451 e. The molecule has 0 saturated carbocycles. The van der Waals surface area contributed by atoms with E-state index in [9.17, 15) is 0 Å². The molecule has 0 aliphatic heterocycles. The van der Waals surface area contributed by atoms with Gasteiger partial charge in [0.25, 0.3) is 0 Å². The third-order valence-corrected chi connectivity index (χ3v) is 4.76. The van der Waals surface area contributed by atoms with Crippen molar-refractivity contribution in [1.82, 2.24) is 0 Å². The summed E-state index contributed by atoms with van der Waals surface area (Å²) in [4.78, 5) is 0. The highest BCUT2D eigenvalue weighted by atomic mass is 14.4. The van der Waals surface area contributed by atoms with E-state index < -0.39 is 0 Å². The molecule has 0 heterocycles. The highest BCUT2D eigenvalue weighted by Gasteiger charge is 2.35. The van der Waals surface area contributed by atoms with E-state index in [2.05, 4.69) is 97.6 Å². The molecule has 0 fully saturated rings. The Balaban J connectivity index is 2.22. The first-order valence-corrected chi connectivity index (χ1v) is 8.65. The smallest absolute Gasteiger partial charge is 0.0451 e. The summed E-state index contributed by atoms with van der Waals surface area (Å²) in [5, 5.41) is 0. The quantitative estimate of drug-likeness (QED) is 0.270. The lowest BCUT2D eigenvalue weighted by molar-refractivity contribution is 0.536. The van der Waals surface area contributed by atoms with Crippen molar-refractivity contribution in [3.63, 3.8) is 0 Å². The Morgan fingerprint density at radius 2 is 1.00 bits per heavy atom. The van der Waals surface area contributed by atoms with E-state index in [1.807, 2.05) is 6.08 Å². The van der Waals surface area contributed by atoms with Crippen LogP contribution in [-0.2, 0) is 5.41 Å². The van der Waals surface area contributed by atoms with Gasteiger partial charge < -0.3 is 0 Å². The van der Waals surface area contributed by atoms with Gasteiger partial charge in [0.05, 0.1) is 0 Å². The molecule has 0 aromatic heterocycles. The molecule has 0 aliphatic carbocycles. The molecule has 0 amide bonds. The van der Waals surface area contributed by atoms with Gasteiger partial charge in [0.1, 0.15) is 0 Å². The van der Waals surface area contributed by atoms with Crippen LogP contribution in [0.2, 0.25) is 0 Å². The molecule has 0 saturated heterocycles. The van der Waals surface area contributed by atoms with Gasteiger partial charge in [-0.25, -0.2) is 0 Å². The first-order valence-electron chi connectivity index (χ1n) is 8.65. The lowest BCUT2D eigenvalue weighted by atomic mass is 9.66. The zero-order valence-corrected chi connectivity index (χ0v) is 14.1. The van der Waals surface area contributed by atoms with Crippen LogP contribution in [-0.4, -0.2) is 0 Å². The van der Waals surface area contributed by atoms with Crippen molar-refractivity contribution in [3.05, 3.63) is 120 Å². The maximum atomic E-state index is 3.90. The second-order valence-electron chi connectivity index (χ2n) is 6.18. The van der Waals surface area contributed by atoms with Gasteiger partial charge in [0.2, 0.25) is 0 Å². The van der Waals surface area contributed by atoms with E-state index >= 15 is 0 Å². The van der Waals surface area contributed by atoms with Crippen molar-refractivity contribution in [2.45, 2.75) is 24.7 Å². The molecule has 0 nitrogen and oxygen atoms in total. The number of rotatable bonds is 7. The molecule has 0 unspecified atom stereocenters. The molecule has 3 rings (SSSR count). The van der Waals surface area contributed by atoms with Crippen molar-refractivity contribution >= 4 is 0 Å². The summed E-state index contributed by atoms with van der Waals surface area (Å²) in [6.45, 7) is 3.90. The molecular formula is C24H24. The van der Waals surface area contributed by atoms with Gasteiger partial charge in [-0.1, -0.05) is 97.1 Å². The molecule has 0 atom stereocenters. The number of hydrogen-bond acceptors (Lipinski definition) is 0. The summed E-state index contributed by atoms with van der Waals surface area (Å²) in [7, 11) is 0. The summed E-state index contributed by atoms with van der Waals surface area (Å²) in [6, 6.07) is 32.7. The van der Waals surface area contributed by atoms with E-state index in [1.165, 1.54) is 16.7 Å². The van der Waals surface area contributed by atoms with Crippen molar-refractivity contribution < 1.29 is 0 Å². The molecule has 0 radical (unpaired) electrons. The van der Waals surface area contributed by atoms with E-state index in [0.29, 0.717) is 0 Å². The monoisotopic (exact) mass is 312 g/mol. The van der Waals surface area contributed by atoms with Crippen LogP contribution in [0.4, 0.5) is 0 Å². The zero-order valence-electron chi connectivity index (χ0n) is 14.1. The highest BCUT2D eigenvalue weighted by Crippen LogP contribution is 2.43. The summed E-state index contributed by atoms with van der Waals surface area (Å²) in [5.41, 5.74) is 3.94. The Bertz CT molecular complexity index is 645. The fourth-order valence-electron chi connectivity index (χ4n) is 3.61. The third-order valence-electron chi connectivity index (χ3n) is 4.76. The molecule has 120 valence electrons. The molecule has 0 bridgehead atoms. The fraction of sp³-hybridized carbons (Fsp3) is 0.167. The molecule has 24 heavy (non-hydrogen) atoms. The Kier molecular flexibility index (Phi) is 5.28. The zero-order chi connectivity index (χ0) is 16.7. The van der Waals surface area contributed by atoms with Crippen LogP contribution >= 0.6 is 0 Å². The third kappa shape index (κ3) is 3.19. The van der Waals surface area contributed by atoms with Gasteiger partial charge in [-0.2, -0.15) is 0 Å². The summed E-state index contributed by atoms with van der Waals surface area (Å²) >= 11 is 0. The molecule has 0 spiro atoms. The topological polar surface area (TPSA) is 0 Å². The largest absolute Gasteiger partial charge is 0.103 e. The average Bonchev–Trinajstić information content (AvgIpc) is 2.68. The van der Waals surface area contributed by atoms with E-state index in [-0.39, 0.29) is 5.41 Å². The average molecular weight is 312 g/mol. The minimum absolute atomic E-state index is 0.118. The minimum Gasteiger partial charge on any atom is -0.103 e. The van der Waals surface area contributed by atoms with E-state index in [1.54, 1.807) is 0 Å². The number of allylic oxidation sites excluding steroid dienone is 1. The van der Waals surface area contributed by atoms with E-state index in [0.717, 1.165) is 19.3 Å². The molecule has 3 aromatic rings. The Morgan fingerprint density at radius 3 is 1.33 bits per heavy atom. The van der Waals surface area contributed by atoms with Gasteiger partial charge >= 0.3 is 0 Å². The summed E-state index contributed by atoms with van der Waals surface area (Å²) in [5.74, 6) is 0. The first kappa shape index (κ1) is 16.3. The van der Waals surface area contributed by atoms with Crippen molar-refractivity contribution in [2.75, 3.05) is 0 Å². The van der Waals surface area contributed by atoms with Crippen LogP contribution in [0.25, 0.3) is 0 Å². The van der Waals surface area contributed by atoms with Gasteiger partial charge in [-0.3, -0.25) is 0 Å². The van der Waals surface area contributed by atoms with Gasteiger partial charge in [-0.05, 0) is 36.0 Å². The summed E-state index contributed by atoms with van der Waals surface area (Å²) < 4.78 is 0.